The summed E-state index contributed by atoms with van der Waals surface area (Å²) in [5.41, 5.74) is 0.357. The molecule has 1 unspecified atom stereocenters. The Labute approximate surface area is 110 Å². The highest BCUT2D eigenvalue weighted by atomic mass is 19.1. The average Bonchev–Trinajstić information content (AvgIpc) is 2.43. The topological polar surface area (TPSA) is 64.6 Å². The Morgan fingerprint density at radius 3 is 2.53 bits per heavy atom. The molecule has 0 saturated carbocycles. The molecule has 1 aromatic carbocycles. The molecule has 0 bridgehead atoms. The fraction of sp³-hybridized carbons (Fsp3) is 0.385. The summed E-state index contributed by atoms with van der Waals surface area (Å²) in [6.07, 6.45) is 0.434. The Morgan fingerprint density at radius 2 is 2.00 bits per heavy atom. The van der Waals surface area contributed by atoms with Crippen LogP contribution in [0.25, 0.3) is 0 Å². The maximum atomic E-state index is 13.2. The van der Waals surface area contributed by atoms with Gasteiger partial charge >= 0.3 is 11.9 Å². The van der Waals surface area contributed by atoms with Crippen LogP contribution < -0.4 is 5.32 Å². The molecule has 0 aliphatic rings. The van der Waals surface area contributed by atoms with Crippen LogP contribution in [0.1, 0.15) is 23.7 Å². The predicted molar refractivity (Wildman–Crippen MR) is 67.5 cm³/mol. The summed E-state index contributed by atoms with van der Waals surface area (Å²) in [6, 6.07) is 2.93. The van der Waals surface area contributed by atoms with Crippen molar-refractivity contribution in [3.63, 3.8) is 0 Å². The van der Waals surface area contributed by atoms with Crippen molar-refractivity contribution in [3.05, 3.63) is 29.6 Å². The Balaban J connectivity index is 3.07. The molecule has 19 heavy (non-hydrogen) atoms. The molecular formula is C13H16FNO4. The summed E-state index contributed by atoms with van der Waals surface area (Å²) in [6.45, 7) is 1.77. The van der Waals surface area contributed by atoms with Gasteiger partial charge in [0, 0.05) is 0 Å². The highest BCUT2D eigenvalue weighted by Crippen LogP contribution is 2.20. The Morgan fingerprint density at radius 1 is 1.32 bits per heavy atom. The second-order valence-electron chi connectivity index (χ2n) is 3.81. The summed E-state index contributed by atoms with van der Waals surface area (Å²) < 4.78 is 22.5. The van der Waals surface area contributed by atoms with Gasteiger partial charge in [0.1, 0.15) is 11.9 Å². The molecule has 6 heteroatoms. The minimum Gasteiger partial charge on any atom is -0.467 e. The van der Waals surface area contributed by atoms with Crippen molar-refractivity contribution in [1.29, 1.82) is 0 Å². The number of halogens is 1. The number of esters is 2. The molecule has 0 aromatic heterocycles. The number of benzene rings is 1. The average molecular weight is 269 g/mol. The van der Waals surface area contributed by atoms with Crippen LogP contribution in [0.3, 0.4) is 0 Å². The lowest BCUT2D eigenvalue weighted by molar-refractivity contribution is -0.141. The van der Waals surface area contributed by atoms with E-state index in [0.29, 0.717) is 6.42 Å². The molecule has 1 N–H and O–H groups in total. The van der Waals surface area contributed by atoms with Gasteiger partial charge < -0.3 is 14.8 Å². The van der Waals surface area contributed by atoms with E-state index in [0.717, 1.165) is 12.1 Å². The van der Waals surface area contributed by atoms with Crippen LogP contribution in [0.4, 0.5) is 10.1 Å². The van der Waals surface area contributed by atoms with Crippen LogP contribution in [0.15, 0.2) is 18.2 Å². The second-order valence-corrected chi connectivity index (χ2v) is 3.81. The molecule has 0 aliphatic carbocycles. The van der Waals surface area contributed by atoms with Gasteiger partial charge in [0.2, 0.25) is 0 Å². The molecule has 5 nitrogen and oxygen atoms in total. The third kappa shape index (κ3) is 3.67. The molecule has 0 fully saturated rings. The maximum absolute atomic E-state index is 13.2. The Hall–Kier alpha value is -2.11. The first-order chi connectivity index (χ1) is 9.03. The summed E-state index contributed by atoms with van der Waals surface area (Å²) in [5.74, 6) is -1.61. The van der Waals surface area contributed by atoms with E-state index in [1.54, 1.807) is 6.92 Å². The van der Waals surface area contributed by atoms with Gasteiger partial charge in [-0.3, -0.25) is 0 Å². The summed E-state index contributed by atoms with van der Waals surface area (Å²) >= 11 is 0. The number of methoxy groups -OCH3 is 2. The van der Waals surface area contributed by atoms with Gasteiger partial charge in [0.05, 0.1) is 25.5 Å². The standard InChI is InChI=1S/C13H16FNO4/c1-4-10(13(17)19-3)15-11-7-8(14)5-6-9(11)12(16)18-2/h5-7,10,15H,4H2,1-3H3. The van der Waals surface area contributed by atoms with Gasteiger partial charge in [0.25, 0.3) is 0 Å². The number of anilines is 1. The number of carbonyl (C=O) groups is 2. The molecular weight excluding hydrogens is 253 g/mol. The number of hydrogen-bond acceptors (Lipinski definition) is 5. The molecule has 0 aliphatic heterocycles. The zero-order valence-corrected chi connectivity index (χ0v) is 11.0. The van der Waals surface area contributed by atoms with E-state index in [1.165, 1.54) is 20.3 Å². The smallest absolute Gasteiger partial charge is 0.339 e. The number of hydrogen-bond donors (Lipinski definition) is 1. The Bertz CT molecular complexity index is 476. The number of ether oxygens (including phenoxy) is 2. The fourth-order valence-corrected chi connectivity index (χ4v) is 1.58. The first-order valence-corrected chi connectivity index (χ1v) is 5.75. The molecule has 1 atom stereocenters. The lowest BCUT2D eigenvalue weighted by atomic mass is 10.1. The van der Waals surface area contributed by atoms with E-state index in [9.17, 15) is 14.0 Å². The van der Waals surface area contributed by atoms with E-state index >= 15 is 0 Å². The second kappa shape index (κ2) is 6.72. The molecule has 104 valence electrons. The van der Waals surface area contributed by atoms with Crippen LogP contribution in [0, 0.1) is 5.82 Å². The molecule has 0 saturated heterocycles. The molecule has 0 amide bonds. The Kier molecular flexibility index (Phi) is 5.29. The van der Waals surface area contributed by atoms with Gasteiger partial charge in [-0.15, -0.1) is 0 Å². The van der Waals surface area contributed by atoms with E-state index in [4.69, 9.17) is 0 Å². The molecule has 0 spiro atoms. The monoisotopic (exact) mass is 269 g/mol. The third-order valence-corrected chi connectivity index (χ3v) is 2.61. The van der Waals surface area contributed by atoms with Gasteiger partial charge in [0.15, 0.2) is 0 Å². The predicted octanol–water partition coefficient (Wildman–Crippen LogP) is 1.98. The fourth-order valence-electron chi connectivity index (χ4n) is 1.58. The first kappa shape index (κ1) is 14.9. The third-order valence-electron chi connectivity index (χ3n) is 2.61. The molecule has 1 aromatic rings. The summed E-state index contributed by atoms with van der Waals surface area (Å²) in [7, 11) is 2.49. The largest absolute Gasteiger partial charge is 0.467 e. The summed E-state index contributed by atoms with van der Waals surface area (Å²) in [4.78, 5) is 23.0. The van der Waals surface area contributed by atoms with Crippen LogP contribution in [0.5, 0.6) is 0 Å². The highest BCUT2D eigenvalue weighted by molar-refractivity contribution is 5.96. The number of nitrogens with one attached hydrogen (secondary N) is 1. The van der Waals surface area contributed by atoms with Crippen molar-refractivity contribution < 1.29 is 23.5 Å². The minimum absolute atomic E-state index is 0.159. The van der Waals surface area contributed by atoms with Crippen molar-refractivity contribution in [3.8, 4) is 0 Å². The normalized spacial score (nSPS) is 11.6. The molecule has 0 heterocycles. The molecule has 1 rings (SSSR count). The minimum atomic E-state index is -0.657. The summed E-state index contributed by atoms with van der Waals surface area (Å²) in [5, 5.41) is 2.79. The van der Waals surface area contributed by atoms with E-state index < -0.39 is 23.8 Å². The maximum Gasteiger partial charge on any atom is 0.339 e. The first-order valence-electron chi connectivity index (χ1n) is 5.75. The van der Waals surface area contributed by atoms with Crippen LogP contribution >= 0.6 is 0 Å². The zero-order chi connectivity index (χ0) is 14.4. The quantitative estimate of drug-likeness (QED) is 0.828. The van der Waals surface area contributed by atoms with Crippen molar-refractivity contribution in [2.24, 2.45) is 0 Å². The van der Waals surface area contributed by atoms with Crippen molar-refractivity contribution in [1.82, 2.24) is 0 Å². The van der Waals surface area contributed by atoms with Gasteiger partial charge in [-0.25, -0.2) is 14.0 Å². The number of rotatable bonds is 5. The van der Waals surface area contributed by atoms with E-state index in [-0.39, 0.29) is 11.3 Å². The van der Waals surface area contributed by atoms with Crippen LogP contribution in [-0.4, -0.2) is 32.2 Å². The lowest BCUT2D eigenvalue weighted by Crippen LogP contribution is -2.30. The van der Waals surface area contributed by atoms with Gasteiger partial charge in [-0.05, 0) is 24.6 Å². The lowest BCUT2D eigenvalue weighted by Gasteiger charge is -2.17. The van der Waals surface area contributed by atoms with E-state index in [2.05, 4.69) is 14.8 Å². The zero-order valence-electron chi connectivity index (χ0n) is 11.0. The highest BCUT2D eigenvalue weighted by Gasteiger charge is 2.20. The van der Waals surface area contributed by atoms with Gasteiger partial charge in [-0.1, -0.05) is 6.92 Å². The van der Waals surface area contributed by atoms with E-state index in [1.807, 2.05) is 0 Å². The van der Waals surface area contributed by atoms with Gasteiger partial charge in [-0.2, -0.15) is 0 Å². The molecule has 0 radical (unpaired) electrons. The number of carbonyl (C=O) groups excluding carboxylic acids is 2. The van der Waals surface area contributed by atoms with Crippen LogP contribution in [0.2, 0.25) is 0 Å². The SMILES string of the molecule is CCC(Nc1cc(F)ccc1C(=O)OC)C(=O)OC. The van der Waals surface area contributed by atoms with Crippen molar-refractivity contribution >= 4 is 17.6 Å². The van der Waals surface area contributed by atoms with Crippen LogP contribution in [-0.2, 0) is 14.3 Å². The van der Waals surface area contributed by atoms with Crippen molar-refractivity contribution in [2.75, 3.05) is 19.5 Å². The van der Waals surface area contributed by atoms with Crippen molar-refractivity contribution in [2.45, 2.75) is 19.4 Å².